The molecule has 2 rings (SSSR count). The summed E-state index contributed by atoms with van der Waals surface area (Å²) in [6.45, 7) is 2.77. The van der Waals surface area contributed by atoms with Crippen molar-refractivity contribution in [3.8, 4) is 0 Å². The second kappa shape index (κ2) is 11.1. The molecule has 5 nitrogen and oxygen atoms in total. The van der Waals surface area contributed by atoms with Crippen molar-refractivity contribution in [3.63, 3.8) is 0 Å². The Morgan fingerprint density at radius 2 is 1.85 bits per heavy atom. The number of nitrogen functional groups attached to an aromatic ring is 1. The van der Waals surface area contributed by atoms with Gasteiger partial charge in [0.05, 0.1) is 0 Å². The van der Waals surface area contributed by atoms with Gasteiger partial charge in [0, 0.05) is 18.7 Å². The van der Waals surface area contributed by atoms with Gasteiger partial charge in [0.15, 0.2) is 0 Å². The van der Waals surface area contributed by atoms with Gasteiger partial charge in [0.2, 0.25) is 11.8 Å². The summed E-state index contributed by atoms with van der Waals surface area (Å²) in [5, 5.41) is 6.07. The average Bonchev–Trinajstić information content (AvgIpc) is 2.62. The van der Waals surface area contributed by atoms with Crippen LogP contribution in [-0.2, 0) is 16.0 Å². The number of hydrogen-bond acceptors (Lipinski definition) is 3. The Balaban J connectivity index is 0.00000338. The van der Waals surface area contributed by atoms with Gasteiger partial charge in [-0.25, -0.2) is 0 Å². The second-order valence-corrected chi connectivity index (χ2v) is 7.00. The van der Waals surface area contributed by atoms with Crippen molar-refractivity contribution in [2.45, 2.75) is 70.3 Å². The summed E-state index contributed by atoms with van der Waals surface area (Å²) in [5.74, 6) is -0.0935. The number of hydrogen-bond donors (Lipinski definition) is 3. The molecule has 4 N–H and O–H groups in total. The van der Waals surface area contributed by atoms with Crippen LogP contribution in [0.1, 0.15) is 63.9 Å². The zero-order valence-corrected chi connectivity index (χ0v) is 16.5. The van der Waals surface area contributed by atoms with E-state index in [9.17, 15) is 9.59 Å². The van der Waals surface area contributed by atoms with Crippen LogP contribution in [0.4, 0.5) is 5.69 Å². The molecule has 0 atom stereocenters. The smallest absolute Gasteiger partial charge is 0.245 e. The van der Waals surface area contributed by atoms with E-state index in [4.69, 9.17) is 5.73 Å². The molecule has 26 heavy (non-hydrogen) atoms. The molecular formula is C20H32ClN3O2. The van der Waals surface area contributed by atoms with Gasteiger partial charge in [0.1, 0.15) is 5.54 Å². The van der Waals surface area contributed by atoms with Gasteiger partial charge in [-0.3, -0.25) is 9.59 Å². The van der Waals surface area contributed by atoms with Gasteiger partial charge >= 0.3 is 0 Å². The third-order valence-electron chi connectivity index (χ3n) is 5.01. The van der Waals surface area contributed by atoms with E-state index in [0.717, 1.165) is 50.5 Å². The minimum absolute atomic E-state index is 0. The molecule has 0 aliphatic heterocycles. The van der Waals surface area contributed by atoms with Crippen LogP contribution in [0.15, 0.2) is 24.3 Å². The Hall–Kier alpha value is -1.75. The number of amides is 2. The van der Waals surface area contributed by atoms with Crippen molar-refractivity contribution >= 4 is 29.9 Å². The van der Waals surface area contributed by atoms with Crippen molar-refractivity contribution < 1.29 is 9.59 Å². The maximum Gasteiger partial charge on any atom is 0.245 e. The standard InChI is InChI=1S/C20H31N3O2.ClH/c1-2-3-15-22-19(25)20(13-7-4-8-14-20)23-18(24)12-11-16-9-5-6-10-17(16)21;/h5-6,9-10H,2-4,7-8,11-15,21H2,1H3,(H,22,25)(H,23,24);1H. The number of para-hydroxylation sites is 1. The zero-order chi connectivity index (χ0) is 18.1. The van der Waals surface area contributed by atoms with Crippen molar-refractivity contribution in [3.05, 3.63) is 29.8 Å². The molecule has 1 aromatic rings. The maximum absolute atomic E-state index is 12.7. The molecule has 6 heteroatoms. The van der Waals surface area contributed by atoms with Gasteiger partial charge in [-0.1, -0.05) is 50.8 Å². The normalized spacial score (nSPS) is 15.6. The number of rotatable bonds is 8. The third kappa shape index (κ3) is 6.20. The van der Waals surface area contributed by atoms with Crippen LogP contribution in [0.5, 0.6) is 0 Å². The number of aryl methyl sites for hydroxylation is 1. The molecule has 0 heterocycles. The third-order valence-corrected chi connectivity index (χ3v) is 5.01. The number of nitrogens with one attached hydrogen (secondary N) is 2. The summed E-state index contributed by atoms with van der Waals surface area (Å²) in [5.41, 5.74) is 6.89. The van der Waals surface area contributed by atoms with E-state index in [1.807, 2.05) is 24.3 Å². The molecule has 1 aliphatic carbocycles. The lowest BCUT2D eigenvalue weighted by molar-refractivity contribution is -0.135. The molecule has 1 fully saturated rings. The SMILES string of the molecule is CCCCNC(=O)C1(NC(=O)CCc2ccccc2N)CCCCC1.Cl. The van der Waals surface area contributed by atoms with Crippen molar-refractivity contribution in [1.82, 2.24) is 10.6 Å². The lowest BCUT2D eigenvalue weighted by Gasteiger charge is -2.36. The summed E-state index contributed by atoms with van der Waals surface area (Å²) in [7, 11) is 0. The van der Waals surface area contributed by atoms with Gasteiger partial charge in [-0.15, -0.1) is 12.4 Å². The number of nitrogens with two attached hydrogens (primary N) is 1. The van der Waals surface area contributed by atoms with Crippen molar-refractivity contribution in [2.24, 2.45) is 0 Å². The number of unbranched alkanes of at least 4 members (excludes halogenated alkanes) is 1. The summed E-state index contributed by atoms with van der Waals surface area (Å²) < 4.78 is 0. The predicted octanol–water partition coefficient (Wildman–Crippen LogP) is 3.36. The van der Waals surface area contributed by atoms with Gasteiger partial charge in [0.25, 0.3) is 0 Å². The van der Waals surface area contributed by atoms with Crippen LogP contribution < -0.4 is 16.4 Å². The number of anilines is 1. The molecule has 1 aliphatic rings. The van der Waals surface area contributed by atoms with E-state index in [-0.39, 0.29) is 24.2 Å². The Morgan fingerprint density at radius 1 is 1.15 bits per heavy atom. The highest BCUT2D eigenvalue weighted by Gasteiger charge is 2.40. The van der Waals surface area contributed by atoms with E-state index in [2.05, 4.69) is 17.6 Å². The fraction of sp³-hybridized carbons (Fsp3) is 0.600. The van der Waals surface area contributed by atoms with Gasteiger partial charge in [-0.05, 0) is 37.3 Å². The van der Waals surface area contributed by atoms with E-state index in [0.29, 0.717) is 25.1 Å². The maximum atomic E-state index is 12.7. The average molecular weight is 382 g/mol. The summed E-state index contributed by atoms with van der Waals surface area (Å²) >= 11 is 0. The fourth-order valence-corrected chi connectivity index (χ4v) is 3.45. The van der Waals surface area contributed by atoms with Crippen LogP contribution in [0, 0.1) is 0 Å². The van der Waals surface area contributed by atoms with E-state index in [1.165, 1.54) is 0 Å². The van der Waals surface area contributed by atoms with E-state index in [1.54, 1.807) is 0 Å². The Labute approximate surface area is 162 Å². The highest BCUT2D eigenvalue weighted by molar-refractivity contribution is 5.91. The molecule has 0 radical (unpaired) electrons. The van der Waals surface area contributed by atoms with Crippen LogP contribution in [0.25, 0.3) is 0 Å². The monoisotopic (exact) mass is 381 g/mol. The Kier molecular flexibility index (Phi) is 9.49. The predicted molar refractivity (Wildman–Crippen MR) is 108 cm³/mol. The molecule has 0 saturated heterocycles. The number of carbonyl (C=O) groups excluding carboxylic acids is 2. The first-order chi connectivity index (χ1) is 12.1. The summed E-state index contributed by atoms with van der Waals surface area (Å²) in [6, 6.07) is 7.59. The largest absolute Gasteiger partial charge is 0.399 e. The lowest BCUT2D eigenvalue weighted by atomic mass is 9.80. The molecular weight excluding hydrogens is 350 g/mol. The summed E-state index contributed by atoms with van der Waals surface area (Å²) in [6.07, 6.45) is 7.47. The quantitative estimate of drug-likeness (QED) is 0.476. The highest BCUT2D eigenvalue weighted by Crippen LogP contribution is 2.29. The first-order valence-corrected chi connectivity index (χ1v) is 9.50. The molecule has 0 spiro atoms. The molecule has 0 aromatic heterocycles. The van der Waals surface area contributed by atoms with Crippen LogP contribution in [0.2, 0.25) is 0 Å². The summed E-state index contributed by atoms with van der Waals surface area (Å²) in [4.78, 5) is 25.2. The first kappa shape index (κ1) is 22.3. The number of carbonyl (C=O) groups is 2. The molecule has 146 valence electrons. The molecule has 0 bridgehead atoms. The minimum Gasteiger partial charge on any atom is -0.399 e. The van der Waals surface area contributed by atoms with E-state index >= 15 is 0 Å². The zero-order valence-electron chi connectivity index (χ0n) is 15.7. The molecule has 1 aromatic carbocycles. The second-order valence-electron chi connectivity index (χ2n) is 7.00. The van der Waals surface area contributed by atoms with Crippen LogP contribution in [0.3, 0.4) is 0 Å². The van der Waals surface area contributed by atoms with Crippen molar-refractivity contribution in [1.29, 1.82) is 0 Å². The van der Waals surface area contributed by atoms with Crippen LogP contribution in [-0.4, -0.2) is 23.9 Å². The molecule has 0 unspecified atom stereocenters. The lowest BCUT2D eigenvalue weighted by Crippen LogP contribution is -2.59. The Morgan fingerprint density at radius 3 is 2.50 bits per heavy atom. The first-order valence-electron chi connectivity index (χ1n) is 9.50. The van der Waals surface area contributed by atoms with Gasteiger partial charge in [-0.2, -0.15) is 0 Å². The minimum atomic E-state index is -0.731. The van der Waals surface area contributed by atoms with Crippen molar-refractivity contribution in [2.75, 3.05) is 12.3 Å². The molecule has 2 amide bonds. The fourth-order valence-electron chi connectivity index (χ4n) is 3.45. The van der Waals surface area contributed by atoms with Crippen LogP contribution >= 0.6 is 12.4 Å². The number of benzene rings is 1. The Bertz CT molecular complexity index is 586. The number of halogens is 1. The van der Waals surface area contributed by atoms with E-state index < -0.39 is 5.54 Å². The van der Waals surface area contributed by atoms with Gasteiger partial charge < -0.3 is 16.4 Å². The topological polar surface area (TPSA) is 84.2 Å². The molecule has 1 saturated carbocycles. The highest BCUT2D eigenvalue weighted by atomic mass is 35.5.